The third kappa shape index (κ3) is 6.35. The van der Waals surface area contributed by atoms with E-state index < -0.39 is 0 Å². The standard InChI is InChI=1S/C57H36N4S/c1-5-17-37(18-6-1)41-29-42(38-19-7-2-8-20-38)31-43(30-41)44-32-45(57-59-55(39-21-9-3-10-22-39)58-56(60-57)40-23-11-4-12-24-40)34-46(33-44)61-51-27-15-13-25-47(51)49-36-54-50(35-52(49)61)48-26-14-16-28-53(48)62-54/h1-36H. The molecule has 3 aromatic heterocycles. The van der Waals surface area contributed by atoms with Crippen molar-refractivity contribution in [3.05, 3.63) is 218 Å². The van der Waals surface area contributed by atoms with Crippen LogP contribution in [0.1, 0.15) is 0 Å². The molecule has 0 radical (unpaired) electrons. The molecule has 0 bridgehead atoms. The predicted molar refractivity (Wildman–Crippen MR) is 260 cm³/mol. The number of aromatic nitrogens is 4. The van der Waals surface area contributed by atoms with E-state index in [1.165, 1.54) is 30.9 Å². The molecule has 0 fully saturated rings. The molecule has 0 atom stereocenters. The van der Waals surface area contributed by atoms with Gasteiger partial charge in [-0.3, -0.25) is 0 Å². The highest BCUT2D eigenvalue weighted by molar-refractivity contribution is 7.25. The predicted octanol–water partition coefficient (Wildman–Crippen LogP) is 15.3. The molecule has 0 saturated carbocycles. The highest BCUT2D eigenvalue weighted by atomic mass is 32.1. The monoisotopic (exact) mass is 808 g/mol. The Balaban J connectivity index is 1.17. The Hall–Kier alpha value is -7.99. The SMILES string of the molecule is c1ccc(-c2cc(-c3ccccc3)cc(-c3cc(-c4nc(-c5ccccc5)nc(-c5ccccc5)n4)cc(-n4c5ccccc5c5cc6sc7ccccc7c6cc54)c3)c2)cc1. The topological polar surface area (TPSA) is 43.6 Å². The summed E-state index contributed by atoms with van der Waals surface area (Å²) in [6.45, 7) is 0. The highest BCUT2D eigenvalue weighted by Gasteiger charge is 2.20. The summed E-state index contributed by atoms with van der Waals surface area (Å²) in [6.07, 6.45) is 0. The van der Waals surface area contributed by atoms with Crippen molar-refractivity contribution < 1.29 is 0 Å². The molecule has 12 aromatic rings. The van der Waals surface area contributed by atoms with Crippen LogP contribution in [0.4, 0.5) is 0 Å². The zero-order valence-corrected chi connectivity index (χ0v) is 34.3. The van der Waals surface area contributed by atoms with Gasteiger partial charge in [0.25, 0.3) is 0 Å². The maximum absolute atomic E-state index is 5.25. The molecule has 62 heavy (non-hydrogen) atoms. The molecule has 4 nitrogen and oxygen atoms in total. The number of nitrogens with zero attached hydrogens (tertiary/aromatic N) is 4. The highest BCUT2D eigenvalue weighted by Crippen LogP contribution is 2.42. The van der Waals surface area contributed by atoms with E-state index in [1.54, 1.807) is 0 Å². The van der Waals surface area contributed by atoms with Gasteiger partial charge in [0.05, 0.1) is 11.0 Å². The van der Waals surface area contributed by atoms with Crippen molar-refractivity contribution in [1.29, 1.82) is 0 Å². The average molecular weight is 809 g/mol. The zero-order chi connectivity index (χ0) is 41.0. The van der Waals surface area contributed by atoms with Crippen LogP contribution in [0.5, 0.6) is 0 Å². The van der Waals surface area contributed by atoms with E-state index in [0.29, 0.717) is 17.5 Å². The van der Waals surface area contributed by atoms with Crippen LogP contribution in [0.15, 0.2) is 218 Å². The Kier molecular flexibility index (Phi) is 8.65. The molecule has 0 aliphatic heterocycles. The van der Waals surface area contributed by atoms with Crippen molar-refractivity contribution in [2.24, 2.45) is 0 Å². The number of benzene rings is 9. The van der Waals surface area contributed by atoms with Gasteiger partial charge in [0.2, 0.25) is 0 Å². The zero-order valence-electron chi connectivity index (χ0n) is 33.5. The fourth-order valence-electron chi connectivity index (χ4n) is 8.83. The lowest BCUT2D eigenvalue weighted by molar-refractivity contribution is 1.07. The van der Waals surface area contributed by atoms with E-state index in [-0.39, 0.29) is 0 Å². The molecule has 0 N–H and O–H groups in total. The first kappa shape index (κ1) is 35.9. The van der Waals surface area contributed by atoms with Gasteiger partial charge < -0.3 is 4.57 Å². The van der Waals surface area contributed by atoms with Crippen molar-refractivity contribution in [3.8, 4) is 73.2 Å². The number of rotatable bonds is 7. The third-order valence-electron chi connectivity index (χ3n) is 11.8. The lowest BCUT2D eigenvalue weighted by atomic mass is 9.92. The molecule has 0 unspecified atom stereocenters. The molecule has 0 saturated heterocycles. The van der Waals surface area contributed by atoms with E-state index in [1.807, 2.05) is 47.7 Å². The second-order valence-electron chi connectivity index (χ2n) is 15.7. The number of para-hydroxylation sites is 1. The van der Waals surface area contributed by atoms with Crippen LogP contribution < -0.4 is 0 Å². The van der Waals surface area contributed by atoms with Crippen molar-refractivity contribution in [2.45, 2.75) is 0 Å². The maximum atomic E-state index is 5.25. The van der Waals surface area contributed by atoms with Gasteiger partial charge in [-0.05, 0) is 94.0 Å². The minimum Gasteiger partial charge on any atom is -0.309 e. The van der Waals surface area contributed by atoms with Crippen LogP contribution in [-0.2, 0) is 0 Å². The first-order chi connectivity index (χ1) is 30.7. The second kappa shape index (κ2) is 14.9. The Morgan fingerprint density at radius 1 is 0.274 bits per heavy atom. The summed E-state index contributed by atoms with van der Waals surface area (Å²) in [5, 5.41) is 4.98. The van der Waals surface area contributed by atoms with Gasteiger partial charge in [-0.15, -0.1) is 11.3 Å². The largest absolute Gasteiger partial charge is 0.309 e. The molecule has 0 aliphatic carbocycles. The summed E-state index contributed by atoms with van der Waals surface area (Å²) in [5.41, 5.74) is 12.9. The molecular weight excluding hydrogens is 773 g/mol. The summed E-state index contributed by atoms with van der Waals surface area (Å²) >= 11 is 1.86. The van der Waals surface area contributed by atoms with Crippen LogP contribution in [-0.4, -0.2) is 19.5 Å². The van der Waals surface area contributed by atoms with Crippen LogP contribution in [0.2, 0.25) is 0 Å². The Labute approximate surface area is 362 Å². The van der Waals surface area contributed by atoms with Crippen LogP contribution in [0, 0.1) is 0 Å². The summed E-state index contributed by atoms with van der Waals surface area (Å²) in [7, 11) is 0. The van der Waals surface area contributed by atoms with Crippen LogP contribution >= 0.6 is 11.3 Å². The molecule has 0 amide bonds. The number of thiophene rings is 1. The quantitative estimate of drug-likeness (QED) is 0.161. The molecule has 12 rings (SSSR count). The summed E-state index contributed by atoms with van der Waals surface area (Å²) < 4.78 is 5.01. The maximum Gasteiger partial charge on any atom is 0.164 e. The van der Waals surface area contributed by atoms with Gasteiger partial charge in [-0.2, -0.15) is 0 Å². The Bertz CT molecular complexity index is 3350. The third-order valence-corrected chi connectivity index (χ3v) is 12.9. The first-order valence-corrected chi connectivity index (χ1v) is 21.7. The molecule has 3 heterocycles. The molecule has 9 aromatic carbocycles. The van der Waals surface area contributed by atoms with E-state index in [4.69, 9.17) is 15.0 Å². The Morgan fingerprint density at radius 2 is 0.710 bits per heavy atom. The normalized spacial score (nSPS) is 11.5. The van der Waals surface area contributed by atoms with Gasteiger partial charge in [0.15, 0.2) is 17.5 Å². The van der Waals surface area contributed by atoms with E-state index in [0.717, 1.165) is 66.8 Å². The van der Waals surface area contributed by atoms with E-state index >= 15 is 0 Å². The van der Waals surface area contributed by atoms with Crippen LogP contribution in [0.25, 0.3) is 115 Å². The van der Waals surface area contributed by atoms with Crippen LogP contribution in [0.3, 0.4) is 0 Å². The van der Waals surface area contributed by atoms with Gasteiger partial charge in [0, 0.05) is 53.3 Å². The molecule has 5 heteroatoms. The number of hydrogen-bond acceptors (Lipinski definition) is 4. The van der Waals surface area contributed by atoms with Crippen molar-refractivity contribution in [1.82, 2.24) is 19.5 Å². The lowest BCUT2D eigenvalue weighted by Crippen LogP contribution is -2.02. The Morgan fingerprint density at radius 3 is 1.31 bits per heavy atom. The second-order valence-corrected chi connectivity index (χ2v) is 16.7. The van der Waals surface area contributed by atoms with Crippen molar-refractivity contribution in [3.63, 3.8) is 0 Å². The van der Waals surface area contributed by atoms with E-state index in [9.17, 15) is 0 Å². The van der Waals surface area contributed by atoms with Gasteiger partial charge >= 0.3 is 0 Å². The molecular formula is C57H36N4S. The van der Waals surface area contributed by atoms with E-state index in [2.05, 4.69) is 187 Å². The fraction of sp³-hybridized carbons (Fsp3) is 0. The minimum atomic E-state index is 0.607. The number of hydrogen-bond donors (Lipinski definition) is 0. The summed E-state index contributed by atoms with van der Waals surface area (Å²) in [6, 6.07) is 77.7. The fourth-order valence-corrected chi connectivity index (χ4v) is 9.95. The molecule has 0 aliphatic rings. The summed E-state index contributed by atoms with van der Waals surface area (Å²) in [5.74, 6) is 1.86. The van der Waals surface area contributed by atoms with Gasteiger partial charge in [-0.25, -0.2) is 15.0 Å². The lowest BCUT2D eigenvalue weighted by Gasteiger charge is -2.16. The number of fused-ring (bicyclic) bond motifs is 6. The first-order valence-electron chi connectivity index (χ1n) is 20.8. The van der Waals surface area contributed by atoms with Gasteiger partial charge in [-0.1, -0.05) is 158 Å². The summed E-state index contributed by atoms with van der Waals surface area (Å²) in [4.78, 5) is 15.5. The minimum absolute atomic E-state index is 0.607. The smallest absolute Gasteiger partial charge is 0.164 e. The average Bonchev–Trinajstić information content (AvgIpc) is 3.88. The van der Waals surface area contributed by atoms with Crippen molar-refractivity contribution in [2.75, 3.05) is 0 Å². The van der Waals surface area contributed by atoms with Gasteiger partial charge in [0.1, 0.15) is 0 Å². The molecule has 0 spiro atoms. The van der Waals surface area contributed by atoms with Crippen molar-refractivity contribution >= 4 is 53.3 Å². The molecule has 290 valence electrons.